The van der Waals surface area contributed by atoms with E-state index < -0.39 is 0 Å². The van der Waals surface area contributed by atoms with Crippen molar-refractivity contribution >= 4 is 11.8 Å². The molecule has 23 heavy (non-hydrogen) atoms. The van der Waals surface area contributed by atoms with E-state index >= 15 is 0 Å². The third-order valence-corrected chi connectivity index (χ3v) is 5.29. The Hall–Kier alpha value is -1.14. The van der Waals surface area contributed by atoms with E-state index in [1.807, 2.05) is 30.6 Å². The van der Waals surface area contributed by atoms with E-state index in [-0.39, 0.29) is 23.3 Å². The van der Waals surface area contributed by atoms with E-state index in [2.05, 4.69) is 11.8 Å². The highest BCUT2D eigenvalue weighted by atomic mass is 16.5. The monoisotopic (exact) mass is 325 g/mol. The molecule has 6 heteroatoms. The van der Waals surface area contributed by atoms with Crippen molar-refractivity contribution in [2.45, 2.75) is 40.2 Å². The van der Waals surface area contributed by atoms with Gasteiger partial charge in [0.25, 0.3) is 0 Å². The van der Waals surface area contributed by atoms with Gasteiger partial charge in [0.1, 0.15) is 0 Å². The molecule has 2 amide bonds. The van der Waals surface area contributed by atoms with Gasteiger partial charge in [-0.05, 0) is 13.3 Å². The molecular weight excluding hydrogens is 294 g/mol. The summed E-state index contributed by atoms with van der Waals surface area (Å²) in [6.07, 6.45) is 0.845. The number of ether oxygens (including phenoxy) is 1. The zero-order valence-corrected chi connectivity index (χ0v) is 15.0. The van der Waals surface area contributed by atoms with Crippen LogP contribution in [-0.4, -0.2) is 85.0 Å². The smallest absolute Gasteiger partial charge is 0.239 e. The lowest BCUT2D eigenvalue weighted by molar-refractivity contribution is -0.145. The van der Waals surface area contributed by atoms with Crippen LogP contribution in [0, 0.1) is 5.41 Å². The summed E-state index contributed by atoms with van der Waals surface area (Å²) in [7, 11) is 0. The number of piperazine rings is 1. The molecule has 0 unspecified atom stereocenters. The Morgan fingerprint density at radius 1 is 1.00 bits per heavy atom. The molecule has 0 aliphatic carbocycles. The number of morpholine rings is 1. The molecule has 2 aliphatic rings. The van der Waals surface area contributed by atoms with E-state index in [9.17, 15) is 9.59 Å². The van der Waals surface area contributed by atoms with Crippen LogP contribution in [0.3, 0.4) is 0 Å². The molecule has 0 aromatic carbocycles. The fourth-order valence-electron chi connectivity index (χ4n) is 3.10. The lowest BCUT2D eigenvalue weighted by Crippen LogP contribution is -2.57. The minimum absolute atomic E-state index is 0.121. The van der Waals surface area contributed by atoms with Gasteiger partial charge in [-0.1, -0.05) is 20.8 Å². The zero-order valence-electron chi connectivity index (χ0n) is 15.0. The summed E-state index contributed by atoms with van der Waals surface area (Å²) in [5.41, 5.74) is -0.294. The molecule has 0 radical (unpaired) electrons. The van der Waals surface area contributed by atoms with Gasteiger partial charge in [0.05, 0.1) is 19.3 Å². The molecule has 0 saturated carbocycles. The van der Waals surface area contributed by atoms with Crippen molar-refractivity contribution in [1.82, 2.24) is 14.7 Å². The minimum atomic E-state index is -0.294. The van der Waals surface area contributed by atoms with E-state index in [1.165, 1.54) is 0 Å². The van der Waals surface area contributed by atoms with Gasteiger partial charge in [0.2, 0.25) is 11.8 Å². The number of hydrogen-bond acceptors (Lipinski definition) is 4. The second-order valence-electron chi connectivity index (χ2n) is 7.18. The molecule has 0 bridgehead atoms. The molecule has 2 saturated heterocycles. The first-order chi connectivity index (χ1) is 10.9. The SMILES string of the molecule is CCC(C)(C)C(=O)N1CCN([C@@H](C)C(=O)N2CCOCC2)CC1. The van der Waals surface area contributed by atoms with Crippen LogP contribution in [0.4, 0.5) is 0 Å². The zero-order chi connectivity index (χ0) is 17.0. The van der Waals surface area contributed by atoms with Gasteiger partial charge in [-0.15, -0.1) is 0 Å². The highest BCUT2D eigenvalue weighted by Gasteiger charge is 2.34. The van der Waals surface area contributed by atoms with E-state index in [1.54, 1.807) is 0 Å². The normalized spacial score (nSPS) is 22.1. The van der Waals surface area contributed by atoms with Crippen LogP contribution in [0.1, 0.15) is 34.1 Å². The van der Waals surface area contributed by atoms with Crippen LogP contribution in [-0.2, 0) is 14.3 Å². The van der Waals surface area contributed by atoms with Gasteiger partial charge in [-0.2, -0.15) is 0 Å². The fourth-order valence-corrected chi connectivity index (χ4v) is 3.10. The molecule has 0 N–H and O–H groups in total. The topological polar surface area (TPSA) is 53.1 Å². The first kappa shape index (κ1) is 18.2. The molecule has 1 atom stereocenters. The molecular formula is C17H31N3O3. The lowest BCUT2D eigenvalue weighted by atomic mass is 9.88. The number of carbonyl (C=O) groups excluding carboxylic acids is 2. The maximum absolute atomic E-state index is 12.6. The minimum Gasteiger partial charge on any atom is -0.378 e. The lowest BCUT2D eigenvalue weighted by Gasteiger charge is -2.41. The number of hydrogen-bond donors (Lipinski definition) is 0. The van der Waals surface area contributed by atoms with Gasteiger partial charge in [-0.25, -0.2) is 0 Å². The van der Waals surface area contributed by atoms with Crippen LogP contribution >= 0.6 is 0 Å². The number of nitrogens with zero attached hydrogens (tertiary/aromatic N) is 3. The Kier molecular flexibility index (Phi) is 6.03. The average molecular weight is 325 g/mol. The van der Waals surface area contributed by atoms with Gasteiger partial charge >= 0.3 is 0 Å². The van der Waals surface area contributed by atoms with Crippen molar-refractivity contribution in [3.8, 4) is 0 Å². The highest BCUT2D eigenvalue weighted by Crippen LogP contribution is 2.24. The maximum Gasteiger partial charge on any atom is 0.239 e. The molecule has 2 fully saturated rings. The van der Waals surface area contributed by atoms with Gasteiger partial charge in [-0.3, -0.25) is 14.5 Å². The van der Waals surface area contributed by atoms with E-state index in [0.29, 0.717) is 39.4 Å². The Balaban J connectivity index is 1.86. The van der Waals surface area contributed by atoms with Crippen molar-refractivity contribution in [2.24, 2.45) is 5.41 Å². The van der Waals surface area contributed by atoms with Crippen molar-refractivity contribution in [3.05, 3.63) is 0 Å². The predicted molar refractivity (Wildman–Crippen MR) is 89.1 cm³/mol. The summed E-state index contributed by atoms with van der Waals surface area (Å²) < 4.78 is 5.31. The predicted octanol–water partition coefficient (Wildman–Crippen LogP) is 0.814. The summed E-state index contributed by atoms with van der Waals surface area (Å²) >= 11 is 0. The summed E-state index contributed by atoms with van der Waals surface area (Å²) in [5, 5.41) is 0. The standard InChI is InChI=1S/C17H31N3O3/c1-5-17(3,4)16(22)20-8-6-18(7-9-20)14(2)15(21)19-10-12-23-13-11-19/h14H,5-13H2,1-4H3/t14-/m0/s1. The molecule has 2 aliphatic heterocycles. The van der Waals surface area contributed by atoms with Crippen molar-refractivity contribution < 1.29 is 14.3 Å². The Morgan fingerprint density at radius 2 is 1.57 bits per heavy atom. The number of rotatable bonds is 4. The largest absolute Gasteiger partial charge is 0.378 e. The number of carbonyl (C=O) groups is 2. The Bertz CT molecular complexity index is 425. The first-order valence-corrected chi connectivity index (χ1v) is 8.77. The van der Waals surface area contributed by atoms with Crippen molar-refractivity contribution in [2.75, 3.05) is 52.5 Å². The average Bonchev–Trinajstić information content (AvgIpc) is 2.60. The number of amides is 2. The summed E-state index contributed by atoms with van der Waals surface area (Å²) in [6, 6.07) is -0.121. The summed E-state index contributed by atoms with van der Waals surface area (Å²) in [6.45, 7) is 13.6. The van der Waals surface area contributed by atoms with E-state index in [0.717, 1.165) is 19.5 Å². The maximum atomic E-state index is 12.6. The molecule has 0 aromatic heterocycles. The van der Waals surface area contributed by atoms with Gasteiger partial charge in [0.15, 0.2) is 0 Å². The molecule has 2 heterocycles. The molecule has 0 aromatic rings. The highest BCUT2D eigenvalue weighted by molar-refractivity contribution is 5.83. The second kappa shape index (κ2) is 7.62. The fraction of sp³-hybridized carbons (Fsp3) is 0.882. The summed E-state index contributed by atoms with van der Waals surface area (Å²) in [4.78, 5) is 31.1. The van der Waals surface area contributed by atoms with Gasteiger partial charge < -0.3 is 14.5 Å². The van der Waals surface area contributed by atoms with Crippen LogP contribution in [0.2, 0.25) is 0 Å². The molecule has 0 spiro atoms. The van der Waals surface area contributed by atoms with E-state index in [4.69, 9.17) is 4.74 Å². The van der Waals surface area contributed by atoms with Crippen molar-refractivity contribution in [1.29, 1.82) is 0 Å². The third-order valence-electron chi connectivity index (χ3n) is 5.29. The second-order valence-corrected chi connectivity index (χ2v) is 7.18. The first-order valence-electron chi connectivity index (χ1n) is 8.77. The van der Waals surface area contributed by atoms with Crippen LogP contribution in [0.15, 0.2) is 0 Å². The quantitative estimate of drug-likeness (QED) is 0.768. The Labute approximate surface area is 139 Å². The molecule has 6 nitrogen and oxygen atoms in total. The Morgan fingerprint density at radius 3 is 2.09 bits per heavy atom. The molecule has 2 rings (SSSR count). The summed E-state index contributed by atoms with van der Waals surface area (Å²) in [5.74, 6) is 0.411. The van der Waals surface area contributed by atoms with Gasteiger partial charge in [0, 0.05) is 44.7 Å². The van der Waals surface area contributed by atoms with Crippen LogP contribution < -0.4 is 0 Å². The third kappa shape index (κ3) is 4.23. The van der Waals surface area contributed by atoms with Crippen molar-refractivity contribution in [3.63, 3.8) is 0 Å². The van der Waals surface area contributed by atoms with Crippen LogP contribution in [0.5, 0.6) is 0 Å². The molecule has 132 valence electrons. The van der Waals surface area contributed by atoms with Crippen LogP contribution in [0.25, 0.3) is 0 Å².